The van der Waals surface area contributed by atoms with Gasteiger partial charge in [0.1, 0.15) is 17.3 Å². The predicted octanol–water partition coefficient (Wildman–Crippen LogP) is 12.9. The van der Waals surface area contributed by atoms with Gasteiger partial charge in [0.05, 0.1) is 33.4 Å². The third kappa shape index (κ3) is 6.50. The van der Waals surface area contributed by atoms with Gasteiger partial charge in [0.2, 0.25) is 0 Å². The van der Waals surface area contributed by atoms with E-state index in [0.29, 0.717) is 0 Å². The van der Waals surface area contributed by atoms with Crippen LogP contribution in [0.5, 0.6) is 11.5 Å². The zero-order valence-electron chi connectivity index (χ0n) is 32.8. The molecule has 0 amide bonds. The van der Waals surface area contributed by atoms with E-state index in [1.54, 1.807) is 0 Å². The maximum Gasteiger partial charge on any atom is 0.269 e. The molecule has 0 fully saturated rings. The Bertz CT molecular complexity index is 3040. The highest BCUT2D eigenvalue weighted by molar-refractivity contribution is 6.09. The number of pyridine rings is 1. The van der Waals surface area contributed by atoms with Gasteiger partial charge in [-0.15, -0.1) is 0 Å². The lowest BCUT2D eigenvalue weighted by Crippen LogP contribution is -2.31. The van der Waals surface area contributed by atoms with Crippen molar-refractivity contribution in [2.75, 3.05) is 0 Å². The van der Waals surface area contributed by atoms with E-state index in [4.69, 9.17) is 9.72 Å². The van der Waals surface area contributed by atoms with Crippen molar-refractivity contribution < 1.29 is 9.30 Å². The second kappa shape index (κ2) is 14.4. The van der Waals surface area contributed by atoms with Crippen LogP contribution in [-0.2, 0) is 6.42 Å². The van der Waals surface area contributed by atoms with E-state index >= 15 is 0 Å². The monoisotopic (exact) mass is 750 g/mol. The first-order valence-corrected chi connectivity index (χ1v) is 19.8. The zero-order valence-corrected chi connectivity index (χ0v) is 32.8. The van der Waals surface area contributed by atoms with Gasteiger partial charge in [-0.3, -0.25) is 13.7 Å². The Kier molecular flexibility index (Phi) is 8.71. The van der Waals surface area contributed by atoms with Crippen LogP contribution in [0, 0.1) is 11.7 Å². The number of fused-ring (bicyclic) bond motifs is 4. The summed E-state index contributed by atoms with van der Waals surface area (Å²) in [7, 11) is 0. The number of hydrogen-bond acceptors (Lipinski definition) is 2. The molecule has 0 unspecified atom stereocenters. The average molecular weight is 751 g/mol. The van der Waals surface area contributed by atoms with E-state index < -0.39 is 0 Å². The van der Waals surface area contributed by atoms with Crippen LogP contribution in [0.2, 0.25) is 0 Å². The topological polar surface area (TPSA) is 35.9 Å². The Hall–Kier alpha value is -7.24. The summed E-state index contributed by atoms with van der Waals surface area (Å²) in [6, 6.07) is 63.7. The Morgan fingerprint density at radius 1 is 0.569 bits per heavy atom. The molecule has 0 atom stereocenters. The number of ether oxygens (including phenoxy) is 1. The first-order valence-electron chi connectivity index (χ1n) is 19.8. The number of nitrogens with zero attached hydrogens (tertiary/aromatic N) is 4. The lowest BCUT2D eigenvalue weighted by molar-refractivity contribution is -0.571. The number of imidazole rings is 1. The zero-order chi connectivity index (χ0) is 39.2. The summed E-state index contributed by atoms with van der Waals surface area (Å²) in [6.07, 6.45) is 6.68. The summed E-state index contributed by atoms with van der Waals surface area (Å²) in [5, 5.41) is 2.34. The largest absolute Gasteiger partial charge is 0.458 e. The normalized spacial score (nSPS) is 11.8. The smallest absolute Gasteiger partial charge is 0.269 e. The minimum atomic E-state index is 0.164. The van der Waals surface area contributed by atoms with Crippen LogP contribution in [0.4, 0.5) is 0 Å². The average Bonchev–Trinajstić information content (AvgIpc) is 3.80. The fourth-order valence-corrected chi connectivity index (χ4v) is 8.29. The molecule has 0 aliphatic carbocycles. The molecule has 3 aromatic heterocycles. The maximum absolute atomic E-state index is 6.71. The summed E-state index contributed by atoms with van der Waals surface area (Å²) < 4.78 is 13.3. The minimum absolute atomic E-state index is 0.164. The molecule has 0 radical (unpaired) electrons. The van der Waals surface area contributed by atoms with Gasteiger partial charge in [0, 0.05) is 23.0 Å². The van der Waals surface area contributed by atoms with Gasteiger partial charge in [-0.25, -0.2) is 4.98 Å². The van der Waals surface area contributed by atoms with E-state index in [2.05, 4.69) is 211 Å². The van der Waals surface area contributed by atoms with Crippen LogP contribution in [0.3, 0.4) is 0 Å². The van der Waals surface area contributed by atoms with E-state index in [1.807, 2.05) is 18.3 Å². The fraction of sp³-hybridized carbons (Fsp3) is 0.0943. The molecule has 0 aliphatic heterocycles. The van der Waals surface area contributed by atoms with Crippen molar-refractivity contribution in [3.8, 4) is 50.9 Å². The van der Waals surface area contributed by atoms with Crippen LogP contribution in [0.15, 0.2) is 188 Å². The van der Waals surface area contributed by atoms with Gasteiger partial charge in [-0.05, 0) is 88.2 Å². The molecule has 0 aliphatic rings. The molecule has 280 valence electrons. The van der Waals surface area contributed by atoms with Crippen molar-refractivity contribution in [3.63, 3.8) is 0 Å². The number of benzene rings is 7. The predicted molar refractivity (Wildman–Crippen MR) is 236 cm³/mol. The number of hydrogen-bond donors (Lipinski definition) is 0. The van der Waals surface area contributed by atoms with Crippen LogP contribution >= 0.6 is 0 Å². The second-order valence-electron chi connectivity index (χ2n) is 16.1. The Morgan fingerprint density at radius 2 is 1.21 bits per heavy atom. The Labute approximate surface area is 338 Å². The first-order chi connectivity index (χ1) is 28.4. The summed E-state index contributed by atoms with van der Waals surface area (Å²) >= 11 is 0. The summed E-state index contributed by atoms with van der Waals surface area (Å²) in [5.41, 5.74) is 12.3. The highest BCUT2D eigenvalue weighted by Gasteiger charge is 2.20. The third-order valence-corrected chi connectivity index (χ3v) is 10.7. The van der Waals surface area contributed by atoms with Gasteiger partial charge in [-0.1, -0.05) is 148 Å². The van der Waals surface area contributed by atoms with Crippen LogP contribution in [-0.4, -0.2) is 14.1 Å². The maximum atomic E-state index is 6.71. The van der Waals surface area contributed by atoms with E-state index in [9.17, 15) is 0 Å². The molecule has 10 aromatic rings. The Balaban J connectivity index is 1.07. The van der Waals surface area contributed by atoms with Gasteiger partial charge < -0.3 is 4.74 Å². The molecule has 5 heteroatoms. The quantitative estimate of drug-likeness (QED) is 0.115. The van der Waals surface area contributed by atoms with E-state index in [0.717, 1.165) is 84.8 Å². The minimum Gasteiger partial charge on any atom is -0.458 e. The number of rotatable bonds is 8. The Morgan fingerprint density at radius 3 is 1.95 bits per heavy atom. The van der Waals surface area contributed by atoms with Crippen molar-refractivity contribution >= 4 is 32.8 Å². The van der Waals surface area contributed by atoms with E-state index in [1.165, 1.54) is 10.9 Å². The summed E-state index contributed by atoms with van der Waals surface area (Å²) in [6.45, 7) is 6.81. The van der Waals surface area contributed by atoms with Gasteiger partial charge in [0.25, 0.3) is 6.33 Å². The summed E-state index contributed by atoms with van der Waals surface area (Å²) in [5.74, 6) is 2.39. The molecule has 0 saturated heterocycles. The van der Waals surface area contributed by atoms with Crippen molar-refractivity contribution in [1.82, 2.24) is 14.1 Å². The molecule has 58 heavy (non-hydrogen) atoms. The first kappa shape index (κ1) is 35.2. The molecule has 0 bridgehead atoms. The molecular weight excluding hydrogens is 709 g/mol. The molecular formula is C53H42N4O. The molecule has 5 nitrogen and oxygen atoms in total. The third-order valence-electron chi connectivity index (χ3n) is 10.7. The molecule has 7 aromatic carbocycles. The van der Waals surface area contributed by atoms with Gasteiger partial charge in [0.15, 0.2) is 0 Å². The lowest BCUT2D eigenvalue weighted by atomic mass is 9.88. The van der Waals surface area contributed by atoms with Crippen LogP contribution in [0.25, 0.3) is 72.3 Å². The fourth-order valence-electron chi connectivity index (χ4n) is 8.29. The summed E-state index contributed by atoms with van der Waals surface area (Å²) in [4.78, 5) is 4.88. The molecule has 10 rings (SSSR count). The van der Waals surface area contributed by atoms with Crippen molar-refractivity contribution in [2.24, 2.45) is 5.41 Å². The van der Waals surface area contributed by atoms with Gasteiger partial charge in [-0.2, -0.15) is 0 Å². The highest BCUT2D eigenvalue weighted by atomic mass is 16.5. The van der Waals surface area contributed by atoms with Crippen molar-refractivity contribution in [1.29, 1.82) is 0 Å². The highest BCUT2D eigenvalue weighted by Crippen LogP contribution is 2.37. The molecule has 0 saturated carbocycles. The SMILES string of the molecule is CC(C)(C)Cc1ccnc(-n2c3ccccc3c3ccc(Oc4cccc(-n5[c-][n+](-c6c(-c7ccccc7)cccc6-c6ccccc6)c6ccccc65)c4)cc32)c1. The molecule has 3 heterocycles. The van der Waals surface area contributed by atoms with E-state index in [-0.39, 0.29) is 5.41 Å². The van der Waals surface area contributed by atoms with Crippen LogP contribution in [0.1, 0.15) is 26.3 Å². The second-order valence-corrected chi connectivity index (χ2v) is 16.1. The van der Waals surface area contributed by atoms with Crippen molar-refractivity contribution in [2.45, 2.75) is 27.2 Å². The lowest BCUT2D eigenvalue weighted by Gasteiger charge is -2.18. The number of para-hydroxylation sites is 4. The standard InChI is InChI=1S/C53H42N4O/c1-53(2,3)35-37-30-31-54-51(32-37)57-47-25-11-10-22-45(47)46-29-28-42(34-50(46)57)58-41-21-14-20-40(33-41)55-36-56(49-27-13-12-26-48(49)55)52-43(38-16-6-4-7-17-38)23-15-24-44(52)39-18-8-5-9-19-39/h4-34H,35H2,1-3H3. The molecule has 0 spiro atoms. The number of aromatic nitrogens is 4. The molecule has 0 N–H and O–H groups in total. The van der Waals surface area contributed by atoms with Crippen LogP contribution < -0.4 is 9.30 Å². The van der Waals surface area contributed by atoms with Crippen molar-refractivity contribution in [3.05, 3.63) is 200 Å². The van der Waals surface area contributed by atoms with Gasteiger partial charge >= 0.3 is 0 Å².